The minimum absolute atomic E-state index is 0.122. The lowest BCUT2D eigenvalue weighted by molar-refractivity contribution is 0.561. The highest BCUT2D eigenvalue weighted by molar-refractivity contribution is 7.89. The maximum Gasteiger partial charge on any atom is 0.240 e. The smallest absolute Gasteiger partial charge is 0.211 e. The van der Waals surface area contributed by atoms with Gasteiger partial charge in [0, 0.05) is 12.4 Å². The van der Waals surface area contributed by atoms with Crippen LogP contribution < -0.4 is 4.72 Å². The molecule has 0 heterocycles. The fourth-order valence-corrected chi connectivity index (χ4v) is 2.98. The molecule has 17 heavy (non-hydrogen) atoms. The molecule has 0 saturated heterocycles. The average Bonchev–Trinajstić information content (AvgIpc) is 2.25. The monoisotopic (exact) mass is 275 g/mol. The van der Waals surface area contributed by atoms with Gasteiger partial charge in [0.25, 0.3) is 0 Å². The Kier molecular flexibility index (Phi) is 4.98. The van der Waals surface area contributed by atoms with Crippen LogP contribution in [0.1, 0.15) is 18.1 Å². The van der Waals surface area contributed by atoms with E-state index >= 15 is 0 Å². The Hall–Kier alpha value is -0.580. The van der Waals surface area contributed by atoms with Gasteiger partial charge in [-0.3, -0.25) is 0 Å². The number of benzene rings is 1. The van der Waals surface area contributed by atoms with Crippen molar-refractivity contribution in [1.82, 2.24) is 4.72 Å². The zero-order chi connectivity index (χ0) is 13.1. The Morgan fingerprint density at radius 2 is 2.00 bits per heavy atom. The first-order valence-electron chi connectivity index (χ1n) is 5.49. The largest absolute Gasteiger partial charge is 0.240 e. The van der Waals surface area contributed by atoms with Gasteiger partial charge in [0.05, 0.1) is 4.90 Å². The van der Waals surface area contributed by atoms with Crippen LogP contribution in [0.5, 0.6) is 0 Å². The highest BCUT2D eigenvalue weighted by atomic mass is 35.5. The van der Waals surface area contributed by atoms with Crippen molar-refractivity contribution in [2.45, 2.75) is 25.7 Å². The molecule has 0 fully saturated rings. The minimum atomic E-state index is -3.42. The second-order valence-corrected chi connectivity index (χ2v) is 6.42. The number of hydrogen-bond acceptors (Lipinski definition) is 2. The van der Waals surface area contributed by atoms with Crippen molar-refractivity contribution in [3.63, 3.8) is 0 Å². The van der Waals surface area contributed by atoms with Crippen molar-refractivity contribution in [3.05, 3.63) is 29.3 Å². The topological polar surface area (TPSA) is 46.2 Å². The zero-order valence-electron chi connectivity index (χ0n) is 10.3. The third kappa shape index (κ3) is 3.98. The van der Waals surface area contributed by atoms with Crippen LogP contribution in [0.3, 0.4) is 0 Å². The lowest BCUT2D eigenvalue weighted by Gasteiger charge is -2.12. The van der Waals surface area contributed by atoms with E-state index in [0.717, 1.165) is 11.1 Å². The summed E-state index contributed by atoms with van der Waals surface area (Å²) in [5.41, 5.74) is 1.81. The molecule has 1 unspecified atom stereocenters. The highest BCUT2D eigenvalue weighted by Crippen LogP contribution is 2.16. The Morgan fingerprint density at radius 1 is 1.35 bits per heavy atom. The third-order valence-electron chi connectivity index (χ3n) is 2.51. The molecule has 0 aliphatic rings. The van der Waals surface area contributed by atoms with Gasteiger partial charge in [-0.25, -0.2) is 13.1 Å². The summed E-state index contributed by atoms with van der Waals surface area (Å²) in [4.78, 5) is 0.338. The molecule has 0 amide bonds. The Morgan fingerprint density at radius 3 is 2.53 bits per heavy atom. The van der Waals surface area contributed by atoms with Crippen LogP contribution in [0.25, 0.3) is 0 Å². The molecule has 0 aliphatic heterocycles. The van der Waals surface area contributed by atoms with Gasteiger partial charge >= 0.3 is 0 Å². The number of nitrogens with one attached hydrogen (secondary N) is 1. The van der Waals surface area contributed by atoms with Gasteiger partial charge in [-0.05, 0) is 31.4 Å². The van der Waals surface area contributed by atoms with Gasteiger partial charge in [-0.15, -0.1) is 11.6 Å². The quantitative estimate of drug-likeness (QED) is 0.839. The number of hydrogen-bond donors (Lipinski definition) is 1. The normalized spacial score (nSPS) is 13.6. The van der Waals surface area contributed by atoms with Gasteiger partial charge in [0.15, 0.2) is 0 Å². The van der Waals surface area contributed by atoms with Gasteiger partial charge in [-0.1, -0.05) is 24.6 Å². The summed E-state index contributed by atoms with van der Waals surface area (Å²) in [5.74, 6) is 0.562. The molecule has 0 aromatic heterocycles. The van der Waals surface area contributed by atoms with Crippen molar-refractivity contribution in [2.24, 2.45) is 5.92 Å². The Labute approximate surface area is 108 Å². The maximum absolute atomic E-state index is 12.0. The van der Waals surface area contributed by atoms with Crippen molar-refractivity contribution in [2.75, 3.05) is 12.4 Å². The molecule has 0 spiro atoms. The van der Waals surface area contributed by atoms with Gasteiger partial charge < -0.3 is 0 Å². The third-order valence-corrected chi connectivity index (χ3v) is 4.62. The first-order chi connectivity index (χ1) is 7.86. The van der Waals surface area contributed by atoms with E-state index in [1.165, 1.54) is 0 Å². The SMILES string of the molecule is Cc1ccc(S(=O)(=O)NCC(C)CCl)c(C)c1. The molecule has 1 rings (SSSR count). The standard InChI is InChI=1S/C12H18ClNO2S/c1-9-4-5-12(11(3)6-9)17(15,16)14-8-10(2)7-13/h4-6,10,14H,7-8H2,1-3H3. The van der Waals surface area contributed by atoms with Gasteiger partial charge in [0.1, 0.15) is 0 Å². The number of halogens is 1. The maximum atomic E-state index is 12.0. The van der Waals surface area contributed by atoms with Crippen LogP contribution in [0.15, 0.2) is 23.1 Å². The van der Waals surface area contributed by atoms with Crippen molar-refractivity contribution < 1.29 is 8.42 Å². The summed E-state index contributed by atoms with van der Waals surface area (Å²) in [6.45, 7) is 6.00. The first kappa shape index (κ1) is 14.5. The number of sulfonamides is 1. The molecule has 1 N–H and O–H groups in total. The summed E-state index contributed by atoms with van der Waals surface area (Å²) in [5, 5.41) is 0. The summed E-state index contributed by atoms with van der Waals surface area (Å²) in [6, 6.07) is 5.30. The van der Waals surface area contributed by atoms with Crippen LogP contribution in [0, 0.1) is 19.8 Å². The summed E-state index contributed by atoms with van der Waals surface area (Å²) in [7, 11) is -3.42. The van der Waals surface area contributed by atoms with Gasteiger partial charge in [0.2, 0.25) is 10.0 Å². The molecule has 1 aromatic carbocycles. The zero-order valence-corrected chi connectivity index (χ0v) is 11.9. The Bertz CT molecular complexity index is 485. The second kappa shape index (κ2) is 5.85. The minimum Gasteiger partial charge on any atom is -0.211 e. The van der Waals surface area contributed by atoms with Crippen LogP contribution in [-0.4, -0.2) is 20.8 Å². The van der Waals surface area contributed by atoms with E-state index in [2.05, 4.69) is 4.72 Å². The number of rotatable bonds is 5. The van der Waals surface area contributed by atoms with Crippen molar-refractivity contribution in [3.8, 4) is 0 Å². The molecule has 3 nitrogen and oxygen atoms in total. The van der Waals surface area contributed by atoms with Crippen LogP contribution in [0.4, 0.5) is 0 Å². The fourth-order valence-electron chi connectivity index (χ4n) is 1.49. The average molecular weight is 276 g/mol. The highest BCUT2D eigenvalue weighted by Gasteiger charge is 2.17. The van der Waals surface area contributed by atoms with Crippen molar-refractivity contribution >= 4 is 21.6 Å². The molecular formula is C12H18ClNO2S. The first-order valence-corrected chi connectivity index (χ1v) is 7.51. The molecule has 0 radical (unpaired) electrons. The van der Waals surface area contributed by atoms with E-state index < -0.39 is 10.0 Å². The molecular weight excluding hydrogens is 258 g/mol. The summed E-state index contributed by atoms with van der Waals surface area (Å²) in [6.07, 6.45) is 0. The fraction of sp³-hybridized carbons (Fsp3) is 0.500. The molecule has 0 saturated carbocycles. The van der Waals surface area contributed by atoms with Crippen LogP contribution in [-0.2, 0) is 10.0 Å². The summed E-state index contributed by atoms with van der Waals surface area (Å²) < 4.78 is 26.6. The molecule has 0 bridgehead atoms. The molecule has 0 aliphatic carbocycles. The molecule has 96 valence electrons. The van der Waals surface area contributed by atoms with Gasteiger partial charge in [-0.2, -0.15) is 0 Å². The predicted octanol–water partition coefficient (Wildman–Crippen LogP) is 2.46. The number of aryl methyl sites for hydroxylation is 2. The van der Waals surface area contributed by atoms with E-state index in [1.807, 2.05) is 19.9 Å². The van der Waals surface area contributed by atoms with Crippen LogP contribution >= 0.6 is 11.6 Å². The Balaban J connectivity index is 2.90. The van der Waals surface area contributed by atoms with E-state index in [4.69, 9.17) is 11.6 Å². The number of alkyl halides is 1. The van der Waals surface area contributed by atoms with E-state index in [1.54, 1.807) is 19.1 Å². The van der Waals surface area contributed by atoms with E-state index in [0.29, 0.717) is 17.3 Å². The second-order valence-electron chi connectivity index (χ2n) is 4.38. The van der Waals surface area contributed by atoms with Crippen LogP contribution in [0.2, 0.25) is 0 Å². The van der Waals surface area contributed by atoms with Crippen molar-refractivity contribution in [1.29, 1.82) is 0 Å². The molecule has 1 atom stereocenters. The summed E-state index contributed by atoms with van der Waals surface area (Å²) >= 11 is 5.64. The van der Waals surface area contributed by atoms with E-state index in [-0.39, 0.29) is 5.92 Å². The lowest BCUT2D eigenvalue weighted by atomic mass is 10.2. The van der Waals surface area contributed by atoms with E-state index in [9.17, 15) is 8.42 Å². The molecule has 5 heteroatoms. The molecule has 1 aromatic rings. The predicted molar refractivity (Wildman–Crippen MR) is 71.0 cm³/mol. The lowest BCUT2D eigenvalue weighted by Crippen LogP contribution is -2.29.